The Morgan fingerprint density at radius 1 is 1.38 bits per heavy atom. The van der Waals surface area contributed by atoms with Crippen molar-refractivity contribution >= 4 is 11.8 Å². The summed E-state index contributed by atoms with van der Waals surface area (Å²) in [4.78, 5) is 9.19. The van der Waals surface area contributed by atoms with Crippen molar-refractivity contribution < 1.29 is 4.39 Å². The fraction of sp³-hybridized carbons (Fsp3) is 0.500. The van der Waals surface area contributed by atoms with Crippen LogP contribution < -0.4 is 10.6 Å². The Morgan fingerprint density at radius 3 is 2.46 bits per heavy atom. The molecule has 0 spiro atoms. The molecule has 0 fully saturated rings. The molecule has 0 aliphatic heterocycles. The lowest BCUT2D eigenvalue weighted by atomic mass is 10.4. The Morgan fingerprint density at radius 2 is 2.00 bits per heavy atom. The van der Waals surface area contributed by atoms with Gasteiger partial charge in [-0.1, -0.05) is 0 Å². The van der Waals surface area contributed by atoms with Crippen LogP contribution in [0.4, 0.5) is 16.2 Å². The normalized spacial score (nSPS) is 10.1. The largest absolute Gasteiger partial charge is 0.368 e. The van der Waals surface area contributed by atoms with Gasteiger partial charge < -0.3 is 10.6 Å². The Hall–Kier alpha value is -1.39. The molecule has 0 aromatic carbocycles. The molecular weight excluding hydrogens is 171 g/mol. The molecule has 0 unspecified atom stereocenters. The first-order valence-electron chi connectivity index (χ1n) is 4.22. The van der Waals surface area contributed by atoms with E-state index in [4.69, 9.17) is 5.73 Å². The van der Waals surface area contributed by atoms with Gasteiger partial charge in [-0.15, -0.1) is 0 Å². The number of hydrogen-bond acceptors (Lipinski definition) is 4. The standard InChI is InChI=1S/C8H13FN4/c1-3-13(4-2)7-5-6(9)11-8(10)12-7/h5H,3-4H2,1-2H3,(H2,10,11,12). The average Bonchev–Trinajstić information content (AvgIpc) is 2.04. The van der Waals surface area contributed by atoms with E-state index in [1.165, 1.54) is 6.07 Å². The number of hydrogen-bond donors (Lipinski definition) is 1. The van der Waals surface area contributed by atoms with Crippen LogP contribution in [0.25, 0.3) is 0 Å². The maximum atomic E-state index is 12.8. The van der Waals surface area contributed by atoms with Crippen LogP contribution in [0.1, 0.15) is 13.8 Å². The van der Waals surface area contributed by atoms with Crippen molar-refractivity contribution in [1.82, 2.24) is 9.97 Å². The third-order valence-corrected chi connectivity index (χ3v) is 1.79. The van der Waals surface area contributed by atoms with Gasteiger partial charge in [-0.05, 0) is 13.8 Å². The van der Waals surface area contributed by atoms with Crippen LogP contribution in [0, 0.1) is 5.95 Å². The van der Waals surface area contributed by atoms with E-state index in [2.05, 4.69) is 9.97 Å². The molecule has 13 heavy (non-hydrogen) atoms. The molecule has 0 bridgehead atoms. The van der Waals surface area contributed by atoms with Crippen LogP contribution in [-0.4, -0.2) is 23.1 Å². The number of nitrogen functional groups attached to an aromatic ring is 1. The predicted octanol–water partition coefficient (Wildman–Crippen LogP) is 1.04. The second kappa shape index (κ2) is 4.02. The summed E-state index contributed by atoms with van der Waals surface area (Å²) in [5.74, 6) is -0.0775. The van der Waals surface area contributed by atoms with Crippen molar-refractivity contribution in [3.63, 3.8) is 0 Å². The number of aromatic nitrogens is 2. The first-order valence-corrected chi connectivity index (χ1v) is 4.22. The van der Waals surface area contributed by atoms with Gasteiger partial charge in [0.2, 0.25) is 11.9 Å². The van der Waals surface area contributed by atoms with E-state index in [0.717, 1.165) is 13.1 Å². The molecule has 0 saturated carbocycles. The second-order valence-electron chi connectivity index (χ2n) is 2.58. The van der Waals surface area contributed by atoms with E-state index >= 15 is 0 Å². The van der Waals surface area contributed by atoms with E-state index < -0.39 is 5.95 Å². The van der Waals surface area contributed by atoms with Crippen molar-refractivity contribution in [2.45, 2.75) is 13.8 Å². The van der Waals surface area contributed by atoms with Crippen molar-refractivity contribution in [2.75, 3.05) is 23.7 Å². The number of nitrogens with zero attached hydrogens (tertiary/aromatic N) is 3. The molecule has 1 aromatic heterocycles. The molecule has 0 aliphatic carbocycles. The maximum absolute atomic E-state index is 12.8. The molecule has 2 N–H and O–H groups in total. The molecular formula is C8H13FN4. The zero-order valence-corrected chi connectivity index (χ0v) is 7.79. The Labute approximate surface area is 76.6 Å². The van der Waals surface area contributed by atoms with E-state index in [1.54, 1.807) is 0 Å². The quantitative estimate of drug-likeness (QED) is 0.713. The monoisotopic (exact) mass is 184 g/mol. The summed E-state index contributed by atoms with van der Waals surface area (Å²) in [7, 11) is 0. The van der Waals surface area contributed by atoms with Crippen molar-refractivity contribution in [3.05, 3.63) is 12.0 Å². The Balaban J connectivity index is 2.99. The lowest BCUT2D eigenvalue weighted by Crippen LogP contribution is -2.23. The lowest BCUT2D eigenvalue weighted by Gasteiger charge is -2.19. The Kier molecular flexibility index (Phi) is 3.00. The molecule has 72 valence electrons. The minimum Gasteiger partial charge on any atom is -0.368 e. The van der Waals surface area contributed by atoms with Crippen molar-refractivity contribution in [1.29, 1.82) is 0 Å². The molecule has 0 aliphatic rings. The molecule has 0 saturated heterocycles. The summed E-state index contributed by atoms with van der Waals surface area (Å²) in [5, 5.41) is 0. The highest BCUT2D eigenvalue weighted by molar-refractivity contribution is 5.40. The highest BCUT2D eigenvalue weighted by atomic mass is 19.1. The molecule has 1 aromatic rings. The molecule has 1 heterocycles. The van der Waals surface area contributed by atoms with Gasteiger partial charge in [-0.3, -0.25) is 0 Å². The van der Waals surface area contributed by atoms with Crippen molar-refractivity contribution in [3.8, 4) is 0 Å². The highest BCUT2D eigenvalue weighted by Crippen LogP contribution is 2.11. The lowest BCUT2D eigenvalue weighted by molar-refractivity contribution is 0.581. The van der Waals surface area contributed by atoms with Gasteiger partial charge in [0.1, 0.15) is 5.82 Å². The predicted molar refractivity (Wildman–Crippen MR) is 50.0 cm³/mol. The van der Waals surface area contributed by atoms with Crippen LogP contribution in [-0.2, 0) is 0 Å². The van der Waals surface area contributed by atoms with E-state index in [9.17, 15) is 4.39 Å². The summed E-state index contributed by atoms with van der Waals surface area (Å²) < 4.78 is 12.8. The van der Waals surface area contributed by atoms with E-state index in [1.807, 2.05) is 18.7 Å². The fourth-order valence-corrected chi connectivity index (χ4v) is 1.13. The number of rotatable bonds is 3. The zero-order valence-electron chi connectivity index (χ0n) is 7.79. The highest BCUT2D eigenvalue weighted by Gasteiger charge is 2.06. The molecule has 4 nitrogen and oxygen atoms in total. The zero-order chi connectivity index (χ0) is 9.84. The second-order valence-corrected chi connectivity index (χ2v) is 2.58. The van der Waals surface area contributed by atoms with Crippen LogP contribution in [0.5, 0.6) is 0 Å². The summed E-state index contributed by atoms with van der Waals surface area (Å²) >= 11 is 0. The fourth-order valence-electron chi connectivity index (χ4n) is 1.13. The SMILES string of the molecule is CCN(CC)c1cc(F)nc(N)n1. The maximum Gasteiger partial charge on any atom is 0.224 e. The van der Waals surface area contributed by atoms with Crippen LogP contribution in [0.2, 0.25) is 0 Å². The van der Waals surface area contributed by atoms with Gasteiger partial charge in [0, 0.05) is 19.2 Å². The molecule has 1 rings (SSSR count). The van der Waals surface area contributed by atoms with Crippen LogP contribution >= 0.6 is 0 Å². The first-order chi connectivity index (χ1) is 6.17. The smallest absolute Gasteiger partial charge is 0.224 e. The summed E-state index contributed by atoms with van der Waals surface area (Å²) in [6.45, 7) is 5.48. The van der Waals surface area contributed by atoms with Crippen molar-refractivity contribution in [2.24, 2.45) is 0 Å². The summed E-state index contributed by atoms with van der Waals surface area (Å²) in [5.41, 5.74) is 5.32. The average molecular weight is 184 g/mol. The number of halogens is 1. The number of nitrogens with two attached hydrogens (primary N) is 1. The minimum atomic E-state index is -0.589. The molecule has 0 amide bonds. The molecule has 5 heteroatoms. The third kappa shape index (κ3) is 2.27. The van der Waals surface area contributed by atoms with Gasteiger partial charge in [-0.25, -0.2) is 0 Å². The van der Waals surface area contributed by atoms with E-state index in [-0.39, 0.29) is 5.95 Å². The van der Waals surface area contributed by atoms with Gasteiger partial charge in [0.05, 0.1) is 0 Å². The third-order valence-electron chi connectivity index (χ3n) is 1.79. The van der Waals surface area contributed by atoms with Gasteiger partial charge in [-0.2, -0.15) is 14.4 Å². The topological polar surface area (TPSA) is 55.0 Å². The van der Waals surface area contributed by atoms with Crippen LogP contribution in [0.3, 0.4) is 0 Å². The number of anilines is 2. The molecule has 0 atom stereocenters. The van der Waals surface area contributed by atoms with Gasteiger partial charge >= 0.3 is 0 Å². The summed E-state index contributed by atoms with van der Waals surface area (Å²) in [6.07, 6.45) is 0. The molecule has 0 radical (unpaired) electrons. The van der Waals surface area contributed by atoms with E-state index in [0.29, 0.717) is 5.82 Å². The van der Waals surface area contributed by atoms with Gasteiger partial charge in [0.15, 0.2) is 0 Å². The van der Waals surface area contributed by atoms with Crippen LogP contribution in [0.15, 0.2) is 6.07 Å². The van der Waals surface area contributed by atoms with Gasteiger partial charge in [0.25, 0.3) is 0 Å². The Bertz CT molecular complexity index is 265. The summed E-state index contributed by atoms with van der Waals surface area (Å²) in [6, 6.07) is 1.28. The first kappa shape index (κ1) is 9.70. The minimum absolute atomic E-state index is 0.0260.